The van der Waals surface area contributed by atoms with Gasteiger partial charge in [0.25, 0.3) is 0 Å². The zero-order valence-corrected chi connectivity index (χ0v) is 18.3. The van der Waals surface area contributed by atoms with Gasteiger partial charge in [-0.25, -0.2) is 4.79 Å². The van der Waals surface area contributed by atoms with Crippen LogP contribution in [-0.2, 0) is 11.3 Å². The Labute approximate surface area is 186 Å². The third-order valence-corrected chi connectivity index (χ3v) is 5.95. The van der Waals surface area contributed by atoms with Crippen molar-refractivity contribution >= 4 is 45.8 Å². The summed E-state index contributed by atoms with van der Waals surface area (Å²) >= 11 is 12.7. The molecule has 156 valence electrons. The molecule has 2 aromatic carbocycles. The maximum Gasteiger partial charge on any atom is 0.341 e. The molecule has 7 heteroatoms. The van der Waals surface area contributed by atoms with Crippen molar-refractivity contribution in [2.75, 3.05) is 37.7 Å². The largest absolute Gasteiger partial charge is 0.462 e. The standard InChI is InChI=1S/C23H23Cl2N3O2/c1-2-30-23(29)19-14-26-21-18(12-17(24)13-20(21)25)22(19)28-10-8-27(9-11-28)15-16-6-4-3-5-7-16/h3-7,12-14H,2,8-11,15H2,1H3/p+1. The molecule has 0 amide bonds. The van der Waals surface area contributed by atoms with Gasteiger partial charge in [-0.2, -0.15) is 0 Å². The topological polar surface area (TPSA) is 46.9 Å². The van der Waals surface area contributed by atoms with Crippen molar-refractivity contribution in [3.05, 3.63) is 69.8 Å². The van der Waals surface area contributed by atoms with Crippen LogP contribution in [0.15, 0.2) is 48.7 Å². The van der Waals surface area contributed by atoms with Crippen molar-refractivity contribution in [2.45, 2.75) is 13.5 Å². The molecule has 1 aliphatic heterocycles. The number of hydrogen-bond acceptors (Lipinski definition) is 4. The first-order valence-electron chi connectivity index (χ1n) is 10.1. The van der Waals surface area contributed by atoms with Gasteiger partial charge < -0.3 is 14.5 Å². The van der Waals surface area contributed by atoms with Gasteiger partial charge in [0.1, 0.15) is 12.1 Å². The van der Waals surface area contributed by atoms with Crippen molar-refractivity contribution < 1.29 is 14.4 Å². The van der Waals surface area contributed by atoms with E-state index in [0.717, 1.165) is 43.8 Å². The van der Waals surface area contributed by atoms with Crippen LogP contribution in [0.5, 0.6) is 0 Å². The van der Waals surface area contributed by atoms with Gasteiger partial charge in [0.05, 0.1) is 49.0 Å². The van der Waals surface area contributed by atoms with E-state index >= 15 is 0 Å². The summed E-state index contributed by atoms with van der Waals surface area (Å²) in [4.78, 5) is 20.8. The molecule has 4 rings (SSSR count). The average Bonchev–Trinajstić information content (AvgIpc) is 2.74. The number of nitrogens with zero attached hydrogens (tertiary/aromatic N) is 2. The maximum atomic E-state index is 12.7. The highest BCUT2D eigenvalue weighted by atomic mass is 35.5. The third-order valence-electron chi connectivity index (χ3n) is 5.44. The van der Waals surface area contributed by atoms with Crippen molar-refractivity contribution in [1.29, 1.82) is 0 Å². The fraction of sp³-hybridized carbons (Fsp3) is 0.304. The lowest BCUT2D eigenvalue weighted by Crippen LogP contribution is -3.13. The van der Waals surface area contributed by atoms with Crippen LogP contribution in [0.1, 0.15) is 22.8 Å². The second kappa shape index (κ2) is 9.21. The van der Waals surface area contributed by atoms with E-state index in [1.807, 2.05) is 12.1 Å². The van der Waals surface area contributed by atoms with E-state index in [0.29, 0.717) is 27.7 Å². The number of halogens is 2. The molecule has 1 aromatic heterocycles. The molecule has 0 saturated carbocycles. The predicted octanol–water partition coefficient (Wildman–Crippen LogP) is 3.62. The Morgan fingerprint density at radius 2 is 1.90 bits per heavy atom. The molecule has 0 unspecified atom stereocenters. The van der Waals surface area contributed by atoms with Gasteiger partial charge in [-0.15, -0.1) is 0 Å². The summed E-state index contributed by atoms with van der Waals surface area (Å²) in [6, 6.07) is 14.0. The average molecular weight is 445 g/mol. The van der Waals surface area contributed by atoms with Gasteiger partial charge in [-0.05, 0) is 19.1 Å². The highest BCUT2D eigenvalue weighted by Gasteiger charge is 2.27. The summed E-state index contributed by atoms with van der Waals surface area (Å²) < 4.78 is 5.29. The van der Waals surface area contributed by atoms with E-state index in [9.17, 15) is 4.79 Å². The number of ether oxygens (including phenoxy) is 1. The molecule has 30 heavy (non-hydrogen) atoms. The zero-order chi connectivity index (χ0) is 21.1. The fourth-order valence-corrected chi connectivity index (χ4v) is 4.56. The third kappa shape index (κ3) is 4.38. The maximum absolute atomic E-state index is 12.7. The summed E-state index contributed by atoms with van der Waals surface area (Å²) in [6.45, 7) is 6.67. The second-order valence-corrected chi connectivity index (χ2v) is 8.27. The van der Waals surface area contributed by atoms with Crippen LogP contribution in [0, 0.1) is 0 Å². The van der Waals surface area contributed by atoms with Crippen molar-refractivity contribution in [3.63, 3.8) is 0 Å². The van der Waals surface area contributed by atoms with Crippen LogP contribution in [0.2, 0.25) is 10.0 Å². The lowest BCUT2D eigenvalue weighted by atomic mass is 10.1. The van der Waals surface area contributed by atoms with E-state index in [4.69, 9.17) is 27.9 Å². The monoisotopic (exact) mass is 444 g/mol. The number of nitrogens with one attached hydrogen (secondary N) is 1. The molecular formula is C23H24Cl2N3O2+. The molecule has 5 nitrogen and oxygen atoms in total. The molecule has 0 radical (unpaired) electrons. The number of esters is 1. The van der Waals surface area contributed by atoms with Crippen molar-refractivity contribution in [2.24, 2.45) is 0 Å². The molecule has 0 bridgehead atoms. The minimum atomic E-state index is -0.378. The lowest BCUT2D eigenvalue weighted by molar-refractivity contribution is -0.914. The molecule has 1 saturated heterocycles. The summed E-state index contributed by atoms with van der Waals surface area (Å²) in [5.41, 5.74) is 3.24. The summed E-state index contributed by atoms with van der Waals surface area (Å²) in [6.07, 6.45) is 1.57. The number of pyridine rings is 1. The van der Waals surface area contributed by atoms with Crippen LogP contribution >= 0.6 is 23.2 Å². The summed E-state index contributed by atoms with van der Waals surface area (Å²) in [5, 5.41) is 1.77. The second-order valence-electron chi connectivity index (χ2n) is 7.42. The SMILES string of the molecule is CCOC(=O)c1cnc2c(Cl)cc(Cl)cc2c1N1CC[NH+](Cc2ccccc2)CC1. The van der Waals surface area contributed by atoms with Crippen molar-refractivity contribution in [1.82, 2.24) is 4.98 Å². The Morgan fingerprint density at radius 1 is 1.17 bits per heavy atom. The number of rotatable bonds is 5. The Bertz CT molecular complexity index is 1050. The van der Waals surface area contributed by atoms with Crippen LogP contribution in [0.25, 0.3) is 10.9 Å². The van der Waals surface area contributed by atoms with E-state index < -0.39 is 0 Å². The van der Waals surface area contributed by atoms with Crippen LogP contribution in [0.4, 0.5) is 5.69 Å². The quantitative estimate of drug-likeness (QED) is 0.610. The Morgan fingerprint density at radius 3 is 2.60 bits per heavy atom. The van der Waals surface area contributed by atoms with Crippen LogP contribution in [-0.4, -0.2) is 43.7 Å². The number of carbonyl (C=O) groups excluding carboxylic acids is 1. The highest BCUT2D eigenvalue weighted by Crippen LogP contribution is 2.35. The molecule has 1 aliphatic rings. The normalized spacial score (nSPS) is 14.8. The fourth-order valence-electron chi connectivity index (χ4n) is 4.02. The van der Waals surface area contributed by atoms with Gasteiger partial charge in [0.15, 0.2) is 0 Å². The number of piperazine rings is 1. The van der Waals surface area contributed by atoms with Gasteiger partial charge in [0, 0.05) is 22.2 Å². The number of anilines is 1. The first kappa shape index (κ1) is 20.9. The summed E-state index contributed by atoms with van der Waals surface area (Å²) in [7, 11) is 0. The first-order chi connectivity index (χ1) is 14.6. The van der Waals surface area contributed by atoms with E-state index in [-0.39, 0.29) is 5.97 Å². The molecule has 1 N–H and O–H groups in total. The number of benzene rings is 2. The molecule has 3 aromatic rings. The summed E-state index contributed by atoms with van der Waals surface area (Å²) in [5.74, 6) is -0.378. The molecule has 0 atom stereocenters. The Balaban J connectivity index is 1.65. The predicted molar refractivity (Wildman–Crippen MR) is 121 cm³/mol. The molecular weight excluding hydrogens is 421 g/mol. The molecule has 0 aliphatic carbocycles. The minimum absolute atomic E-state index is 0.307. The Hall–Kier alpha value is -2.34. The number of aromatic nitrogens is 1. The highest BCUT2D eigenvalue weighted by molar-refractivity contribution is 6.38. The molecule has 1 fully saturated rings. The van der Waals surface area contributed by atoms with Crippen LogP contribution in [0.3, 0.4) is 0 Å². The molecule has 2 heterocycles. The van der Waals surface area contributed by atoms with E-state index in [2.05, 4.69) is 34.1 Å². The van der Waals surface area contributed by atoms with Crippen LogP contribution < -0.4 is 9.80 Å². The van der Waals surface area contributed by atoms with Gasteiger partial charge >= 0.3 is 5.97 Å². The van der Waals surface area contributed by atoms with E-state index in [1.165, 1.54) is 10.5 Å². The number of hydrogen-bond donors (Lipinski definition) is 1. The lowest BCUT2D eigenvalue weighted by Gasteiger charge is -2.35. The van der Waals surface area contributed by atoms with Gasteiger partial charge in [0.2, 0.25) is 0 Å². The smallest absolute Gasteiger partial charge is 0.341 e. The number of fused-ring (bicyclic) bond motifs is 1. The van der Waals surface area contributed by atoms with Gasteiger partial charge in [-0.3, -0.25) is 4.98 Å². The number of quaternary nitrogens is 1. The van der Waals surface area contributed by atoms with Gasteiger partial charge in [-0.1, -0.05) is 53.5 Å². The first-order valence-corrected chi connectivity index (χ1v) is 10.9. The number of carbonyl (C=O) groups is 1. The Kier molecular flexibility index (Phi) is 6.42. The van der Waals surface area contributed by atoms with Crippen molar-refractivity contribution in [3.8, 4) is 0 Å². The zero-order valence-electron chi connectivity index (χ0n) is 16.8. The molecule has 0 spiro atoms. The van der Waals surface area contributed by atoms with E-state index in [1.54, 1.807) is 19.2 Å². The minimum Gasteiger partial charge on any atom is -0.462 e.